The zero-order valence-corrected chi connectivity index (χ0v) is 21.4. The number of hydrogen-bond acceptors (Lipinski definition) is 6. The first-order valence-electron chi connectivity index (χ1n) is 13.1. The Bertz CT molecular complexity index is 1160. The predicted octanol–water partition coefficient (Wildman–Crippen LogP) is 4.53. The van der Waals surface area contributed by atoms with Crippen molar-refractivity contribution in [3.05, 3.63) is 77.6 Å². The van der Waals surface area contributed by atoms with Gasteiger partial charge in [0, 0.05) is 74.6 Å². The van der Waals surface area contributed by atoms with Crippen LogP contribution in [0.15, 0.2) is 60.9 Å². The summed E-state index contributed by atoms with van der Waals surface area (Å²) in [7, 11) is 0. The van der Waals surface area contributed by atoms with Gasteiger partial charge in [0.05, 0.1) is 0 Å². The highest BCUT2D eigenvalue weighted by Crippen LogP contribution is 2.25. The molecule has 0 aliphatic carbocycles. The van der Waals surface area contributed by atoms with Gasteiger partial charge < -0.3 is 15.1 Å². The molecule has 3 heterocycles. The van der Waals surface area contributed by atoms with Crippen LogP contribution in [0.1, 0.15) is 40.7 Å². The van der Waals surface area contributed by atoms with Crippen molar-refractivity contribution in [3.63, 3.8) is 0 Å². The molecular formula is C29H36N6O. The molecule has 0 saturated carbocycles. The highest BCUT2D eigenvalue weighted by Gasteiger charge is 2.27. The number of aryl methyl sites for hydroxylation is 2. The van der Waals surface area contributed by atoms with Gasteiger partial charge in [0.15, 0.2) is 0 Å². The number of amides is 1. The van der Waals surface area contributed by atoms with Crippen LogP contribution in [-0.4, -0.2) is 66.1 Å². The summed E-state index contributed by atoms with van der Waals surface area (Å²) in [6, 6.07) is 16.7. The molecule has 0 unspecified atom stereocenters. The van der Waals surface area contributed by atoms with Crippen LogP contribution in [0, 0.1) is 13.8 Å². The Hall–Kier alpha value is -3.45. The Balaban J connectivity index is 1.12. The van der Waals surface area contributed by atoms with Crippen molar-refractivity contribution in [1.82, 2.24) is 14.9 Å². The summed E-state index contributed by atoms with van der Waals surface area (Å²) in [6.45, 7) is 10.3. The van der Waals surface area contributed by atoms with Crippen molar-refractivity contribution in [3.8, 4) is 0 Å². The van der Waals surface area contributed by atoms with Crippen molar-refractivity contribution in [2.45, 2.75) is 39.2 Å². The molecule has 7 heteroatoms. The first kappa shape index (κ1) is 24.3. The van der Waals surface area contributed by atoms with Crippen molar-refractivity contribution >= 4 is 23.2 Å². The summed E-state index contributed by atoms with van der Waals surface area (Å²) < 4.78 is 0. The van der Waals surface area contributed by atoms with Gasteiger partial charge in [-0.05, 0) is 75.1 Å². The Morgan fingerprint density at radius 3 is 2.33 bits per heavy atom. The van der Waals surface area contributed by atoms with Gasteiger partial charge in [-0.25, -0.2) is 9.97 Å². The Morgan fingerprint density at radius 2 is 1.61 bits per heavy atom. The second kappa shape index (κ2) is 11.1. The van der Waals surface area contributed by atoms with Crippen LogP contribution in [0.3, 0.4) is 0 Å². The Kier molecular flexibility index (Phi) is 7.47. The van der Waals surface area contributed by atoms with Gasteiger partial charge in [0.1, 0.15) is 0 Å². The van der Waals surface area contributed by atoms with Crippen molar-refractivity contribution in [1.29, 1.82) is 0 Å². The van der Waals surface area contributed by atoms with Crippen molar-refractivity contribution in [2.24, 2.45) is 0 Å². The minimum atomic E-state index is -0.0593. The largest absolute Gasteiger partial charge is 0.371 e. The molecule has 2 saturated heterocycles. The first-order valence-corrected chi connectivity index (χ1v) is 13.1. The van der Waals surface area contributed by atoms with E-state index in [-0.39, 0.29) is 5.91 Å². The van der Waals surface area contributed by atoms with Gasteiger partial charge in [-0.3, -0.25) is 9.69 Å². The lowest BCUT2D eigenvalue weighted by molar-refractivity contribution is 0.102. The lowest BCUT2D eigenvalue weighted by Crippen LogP contribution is -2.46. The second-order valence-corrected chi connectivity index (χ2v) is 9.96. The topological polar surface area (TPSA) is 64.6 Å². The maximum absolute atomic E-state index is 12.7. The molecule has 36 heavy (non-hydrogen) atoms. The number of hydrogen-bond donors (Lipinski definition) is 1. The van der Waals surface area contributed by atoms with E-state index in [1.165, 1.54) is 18.5 Å². The third-order valence-electron chi connectivity index (χ3n) is 7.46. The molecule has 0 radical (unpaired) electrons. The highest BCUT2D eigenvalue weighted by molar-refractivity contribution is 6.05. The molecule has 2 aliphatic heterocycles. The number of rotatable bonds is 5. The average Bonchev–Trinajstić information content (AvgIpc) is 3.16. The lowest BCUT2D eigenvalue weighted by Gasteiger charge is -2.39. The van der Waals surface area contributed by atoms with E-state index in [1.54, 1.807) is 0 Å². The van der Waals surface area contributed by atoms with Crippen LogP contribution >= 0.6 is 0 Å². The molecule has 0 atom stereocenters. The van der Waals surface area contributed by atoms with Crippen LogP contribution in [0.5, 0.6) is 0 Å². The summed E-state index contributed by atoms with van der Waals surface area (Å²) in [5.74, 6) is 0.790. The van der Waals surface area contributed by atoms with Crippen LogP contribution in [0.2, 0.25) is 0 Å². The van der Waals surface area contributed by atoms with Gasteiger partial charge >= 0.3 is 0 Å². The third kappa shape index (κ3) is 5.68. The van der Waals surface area contributed by atoms with Crippen molar-refractivity contribution < 1.29 is 4.79 Å². The van der Waals surface area contributed by atoms with E-state index in [0.29, 0.717) is 6.04 Å². The summed E-state index contributed by atoms with van der Waals surface area (Å²) in [5, 5.41) is 3.04. The maximum atomic E-state index is 12.7. The minimum absolute atomic E-state index is 0.0593. The average molecular weight is 485 g/mol. The van der Waals surface area contributed by atoms with Gasteiger partial charge in [-0.15, -0.1) is 0 Å². The number of carbonyl (C=O) groups is 1. The van der Waals surface area contributed by atoms with E-state index in [4.69, 9.17) is 0 Å². The van der Waals surface area contributed by atoms with Gasteiger partial charge in [-0.1, -0.05) is 17.7 Å². The minimum Gasteiger partial charge on any atom is -0.371 e. The number of nitrogens with zero attached hydrogens (tertiary/aromatic N) is 5. The van der Waals surface area contributed by atoms with Crippen molar-refractivity contribution in [2.75, 3.05) is 54.4 Å². The fourth-order valence-corrected chi connectivity index (χ4v) is 5.47. The normalized spacial score (nSPS) is 17.6. The number of carbonyl (C=O) groups excluding carboxylic acids is 1. The molecule has 2 fully saturated rings. The van der Waals surface area contributed by atoms with Gasteiger partial charge in [-0.2, -0.15) is 0 Å². The molecule has 2 aliphatic rings. The van der Waals surface area contributed by atoms with E-state index >= 15 is 0 Å². The molecule has 2 aromatic carbocycles. The van der Waals surface area contributed by atoms with Crippen LogP contribution in [0.25, 0.3) is 0 Å². The fraction of sp³-hybridized carbons (Fsp3) is 0.414. The quantitative estimate of drug-likeness (QED) is 0.574. The monoisotopic (exact) mass is 484 g/mol. The summed E-state index contributed by atoms with van der Waals surface area (Å²) in [5.41, 5.74) is 4.94. The molecule has 188 valence electrons. The molecular weight excluding hydrogens is 448 g/mol. The zero-order valence-electron chi connectivity index (χ0n) is 21.4. The summed E-state index contributed by atoms with van der Waals surface area (Å²) >= 11 is 0. The number of benzene rings is 2. The molecule has 5 rings (SSSR count). The van der Waals surface area contributed by atoms with E-state index in [9.17, 15) is 4.79 Å². The molecule has 0 bridgehead atoms. The number of piperidine rings is 1. The molecule has 1 aromatic heterocycles. The summed E-state index contributed by atoms with van der Waals surface area (Å²) in [6.07, 6.45) is 7.14. The molecule has 7 nitrogen and oxygen atoms in total. The molecule has 0 spiro atoms. The SMILES string of the molecule is Cc1ccc(C(=O)Nc2ccc(N3CCC(N4CCCN(c5ncccn5)CC4)CC3)cc2)c(C)c1. The van der Waals surface area contributed by atoms with E-state index in [2.05, 4.69) is 42.1 Å². The molecule has 1 N–H and O–H groups in total. The fourth-order valence-electron chi connectivity index (χ4n) is 5.47. The first-order chi connectivity index (χ1) is 17.6. The molecule has 3 aromatic rings. The van der Waals surface area contributed by atoms with Crippen LogP contribution < -0.4 is 15.1 Å². The summed E-state index contributed by atoms with van der Waals surface area (Å²) in [4.78, 5) is 29.0. The smallest absolute Gasteiger partial charge is 0.255 e. The van der Waals surface area contributed by atoms with Gasteiger partial charge in [0.2, 0.25) is 5.95 Å². The Labute approximate surface area is 214 Å². The van der Waals surface area contributed by atoms with E-state index in [1.807, 2.05) is 62.6 Å². The molecule has 1 amide bonds. The van der Waals surface area contributed by atoms with E-state index < -0.39 is 0 Å². The van der Waals surface area contributed by atoms with E-state index in [0.717, 1.165) is 74.0 Å². The number of aromatic nitrogens is 2. The highest BCUT2D eigenvalue weighted by atomic mass is 16.1. The Morgan fingerprint density at radius 1 is 0.861 bits per heavy atom. The standard InChI is InChI=1S/C29H36N6O/c1-22-5-10-27(23(2)21-22)28(36)32-24-6-8-25(9-7-24)34-17-11-26(12-18-34)33-15-4-16-35(20-19-33)29-30-13-3-14-31-29/h3,5-10,13-14,21,26H,4,11-12,15-20H2,1-2H3,(H,32,36). The zero-order chi connectivity index (χ0) is 24.9. The second-order valence-electron chi connectivity index (χ2n) is 9.96. The maximum Gasteiger partial charge on any atom is 0.255 e. The predicted molar refractivity (Wildman–Crippen MR) is 146 cm³/mol. The van der Waals surface area contributed by atoms with Crippen LogP contribution in [0.4, 0.5) is 17.3 Å². The number of anilines is 3. The lowest BCUT2D eigenvalue weighted by atomic mass is 10.0. The van der Waals surface area contributed by atoms with Gasteiger partial charge in [0.25, 0.3) is 5.91 Å². The third-order valence-corrected chi connectivity index (χ3v) is 7.46. The van der Waals surface area contributed by atoms with Crippen LogP contribution in [-0.2, 0) is 0 Å². The number of nitrogens with one attached hydrogen (secondary N) is 1.